The summed E-state index contributed by atoms with van der Waals surface area (Å²) < 4.78 is 33.9. The van der Waals surface area contributed by atoms with Gasteiger partial charge in [-0.3, -0.25) is 14.7 Å². The number of rotatable bonds is 11. The number of halogens is 1. The minimum Gasteiger partial charge on any atom is -0.494 e. The Balaban J connectivity index is 1.71. The number of thiazole rings is 1. The molecule has 4 rings (SSSR count). The van der Waals surface area contributed by atoms with Crippen LogP contribution in [0.4, 0.5) is 5.13 Å². The Labute approximate surface area is 231 Å². The average molecular weight is 573 g/mol. The van der Waals surface area contributed by atoms with Crippen molar-refractivity contribution in [2.75, 3.05) is 25.1 Å². The van der Waals surface area contributed by atoms with E-state index in [0.717, 1.165) is 18.4 Å². The Morgan fingerprint density at radius 3 is 2.50 bits per heavy atom. The van der Waals surface area contributed by atoms with Crippen molar-refractivity contribution in [3.05, 3.63) is 77.1 Å². The number of nitrogens with zero attached hydrogens (tertiary/aromatic N) is 4. The lowest BCUT2D eigenvalue weighted by Gasteiger charge is -2.21. The summed E-state index contributed by atoms with van der Waals surface area (Å²) in [7, 11) is -2.10. The number of pyridine rings is 1. The minimum atomic E-state index is -3.66. The van der Waals surface area contributed by atoms with E-state index < -0.39 is 10.0 Å². The second-order valence-electron chi connectivity index (χ2n) is 8.55. The van der Waals surface area contributed by atoms with Gasteiger partial charge in [0, 0.05) is 31.0 Å². The Kier molecular flexibility index (Phi) is 8.99. The molecule has 38 heavy (non-hydrogen) atoms. The van der Waals surface area contributed by atoms with Gasteiger partial charge >= 0.3 is 0 Å². The predicted molar refractivity (Wildman–Crippen MR) is 152 cm³/mol. The van der Waals surface area contributed by atoms with Crippen molar-refractivity contribution in [2.24, 2.45) is 0 Å². The van der Waals surface area contributed by atoms with Crippen molar-refractivity contribution < 1.29 is 17.9 Å². The highest BCUT2D eigenvalue weighted by Crippen LogP contribution is 2.39. The number of hydrogen-bond acceptors (Lipinski definition) is 7. The van der Waals surface area contributed by atoms with E-state index in [2.05, 4.69) is 4.98 Å². The number of anilines is 1. The van der Waals surface area contributed by atoms with Crippen LogP contribution in [0.1, 0.15) is 42.6 Å². The Morgan fingerprint density at radius 1 is 1.11 bits per heavy atom. The van der Waals surface area contributed by atoms with Crippen molar-refractivity contribution in [1.29, 1.82) is 0 Å². The summed E-state index contributed by atoms with van der Waals surface area (Å²) in [6, 6.07) is 13.2. The fraction of sp³-hybridized carbons (Fsp3) is 0.296. The number of fused-ring (bicyclic) bond motifs is 1. The maximum absolute atomic E-state index is 13.8. The van der Waals surface area contributed by atoms with E-state index in [0.29, 0.717) is 44.8 Å². The maximum Gasteiger partial charge on any atom is 0.260 e. The molecule has 0 bridgehead atoms. The molecule has 0 aliphatic heterocycles. The fourth-order valence-corrected chi connectivity index (χ4v) is 6.72. The van der Waals surface area contributed by atoms with Crippen LogP contribution in [-0.4, -0.2) is 48.8 Å². The lowest BCUT2D eigenvalue weighted by molar-refractivity contribution is 0.0985. The largest absolute Gasteiger partial charge is 0.494 e. The summed E-state index contributed by atoms with van der Waals surface area (Å²) >= 11 is 7.72. The van der Waals surface area contributed by atoms with E-state index >= 15 is 0 Å². The van der Waals surface area contributed by atoms with Gasteiger partial charge in [-0.15, -0.1) is 0 Å². The highest BCUT2D eigenvalue weighted by Gasteiger charge is 2.26. The fourth-order valence-electron chi connectivity index (χ4n) is 3.98. The summed E-state index contributed by atoms with van der Waals surface area (Å²) in [5.74, 6) is 0.226. The third kappa shape index (κ3) is 5.83. The van der Waals surface area contributed by atoms with Gasteiger partial charge in [0.2, 0.25) is 10.0 Å². The zero-order valence-corrected chi connectivity index (χ0v) is 23.8. The molecule has 0 aliphatic rings. The Bertz CT molecular complexity index is 1510. The molecule has 0 spiro atoms. The molecule has 0 N–H and O–H groups in total. The zero-order chi connectivity index (χ0) is 27.3. The van der Waals surface area contributed by atoms with Crippen LogP contribution >= 0.6 is 22.9 Å². The number of unbranched alkanes of at least 4 members (excludes halogenated alkanes) is 1. The summed E-state index contributed by atoms with van der Waals surface area (Å²) in [6.07, 6.45) is 5.03. The number of amides is 1. The SMILES string of the molecule is CCCCN(CC)S(=O)(=O)c1ccc(C(=O)N(Cc2cccnc2)c2nc3c(OC)ccc(Cl)c3s2)cc1. The van der Waals surface area contributed by atoms with Crippen LogP contribution in [0.25, 0.3) is 10.2 Å². The van der Waals surface area contributed by atoms with E-state index in [9.17, 15) is 13.2 Å². The van der Waals surface area contributed by atoms with Crippen molar-refractivity contribution in [3.63, 3.8) is 0 Å². The molecule has 2 heterocycles. The molecule has 0 aliphatic carbocycles. The molecule has 2 aromatic heterocycles. The molecular formula is C27H29ClN4O4S2. The van der Waals surface area contributed by atoms with Gasteiger partial charge in [0.1, 0.15) is 11.3 Å². The van der Waals surface area contributed by atoms with Gasteiger partial charge in [-0.25, -0.2) is 13.4 Å². The average Bonchev–Trinajstić information content (AvgIpc) is 3.39. The summed E-state index contributed by atoms with van der Waals surface area (Å²) in [4.78, 5) is 24.4. The van der Waals surface area contributed by atoms with Crippen molar-refractivity contribution in [3.8, 4) is 5.75 Å². The smallest absolute Gasteiger partial charge is 0.260 e. The number of hydrogen-bond donors (Lipinski definition) is 0. The van der Waals surface area contributed by atoms with Gasteiger partial charge in [-0.05, 0) is 54.4 Å². The van der Waals surface area contributed by atoms with Gasteiger partial charge in [-0.2, -0.15) is 4.31 Å². The number of aromatic nitrogens is 2. The van der Waals surface area contributed by atoms with E-state index in [1.807, 2.05) is 19.9 Å². The molecule has 0 fully saturated rings. The number of carbonyl (C=O) groups excluding carboxylic acids is 1. The first-order valence-electron chi connectivity index (χ1n) is 12.2. The van der Waals surface area contributed by atoms with Crippen LogP contribution in [0.2, 0.25) is 5.02 Å². The molecule has 4 aromatic rings. The topological polar surface area (TPSA) is 92.7 Å². The first-order chi connectivity index (χ1) is 18.3. The molecule has 0 unspecified atom stereocenters. The molecule has 1 amide bonds. The van der Waals surface area contributed by atoms with Crippen LogP contribution in [0.3, 0.4) is 0 Å². The van der Waals surface area contributed by atoms with Gasteiger partial charge < -0.3 is 4.74 Å². The quantitative estimate of drug-likeness (QED) is 0.218. The van der Waals surface area contributed by atoms with Crippen LogP contribution < -0.4 is 9.64 Å². The molecule has 11 heteroatoms. The lowest BCUT2D eigenvalue weighted by Crippen LogP contribution is -2.32. The van der Waals surface area contributed by atoms with E-state index in [-0.39, 0.29) is 17.3 Å². The van der Waals surface area contributed by atoms with E-state index in [1.165, 1.54) is 27.8 Å². The van der Waals surface area contributed by atoms with Crippen molar-refractivity contribution in [1.82, 2.24) is 14.3 Å². The first-order valence-corrected chi connectivity index (χ1v) is 14.9. The maximum atomic E-state index is 13.8. The molecule has 0 atom stereocenters. The van der Waals surface area contributed by atoms with Crippen molar-refractivity contribution >= 4 is 54.2 Å². The molecule has 200 valence electrons. The molecule has 0 radical (unpaired) electrons. The third-order valence-electron chi connectivity index (χ3n) is 6.06. The molecule has 0 saturated heterocycles. The molecular weight excluding hydrogens is 544 g/mol. The standard InChI is InChI=1S/C27H29ClN4O4S2/c1-4-6-16-31(5-2)38(34,35)21-11-9-20(10-12-21)26(33)32(18-19-8-7-15-29-17-19)27-30-24-23(36-3)14-13-22(28)25(24)37-27/h7-15,17H,4-6,16,18H2,1-3H3. The Hall–Kier alpha value is -3.05. The number of ether oxygens (including phenoxy) is 1. The molecule has 8 nitrogen and oxygen atoms in total. The molecule has 0 saturated carbocycles. The van der Waals surface area contributed by atoms with Crippen LogP contribution in [-0.2, 0) is 16.6 Å². The third-order valence-corrected chi connectivity index (χ3v) is 9.59. The lowest BCUT2D eigenvalue weighted by atomic mass is 10.2. The highest BCUT2D eigenvalue weighted by molar-refractivity contribution is 7.89. The number of sulfonamides is 1. The summed E-state index contributed by atoms with van der Waals surface area (Å²) in [5, 5.41) is 0.949. The number of benzene rings is 2. The van der Waals surface area contributed by atoms with Crippen LogP contribution in [0.5, 0.6) is 5.75 Å². The summed E-state index contributed by atoms with van der Waals surface area (Å²) in [6.45, 7) is 4.89. The Morgan fingerprint density at radius 2 is 1.87 bits per heavy atom. The normalized spacial score (nSPS) is 11.7. The first kappa shape index (κ1) is 28.0. The van der Waals surface area contributed by atoms with E-state index in [4.69, 9.17) is 21.3 Å². The number of methoxy groups -OCH3 is 1. The van der Waals surface area contributed by atoms with Crippen LogP contribution in [0.15, 0.2) is 65.8 Å². The van der Waals surface area contributed by atoms with Gasteiger partial charge in [-0.1, -0.05) is 49.3 Å². The van der Waals surface area contributed by atoms with Gasteiger partial charge in [0.15, 0.2) is 5.13 Å². The molecule has 2 aromatic carbocycles. The minimum absolute atomic E-state index is 0.155. The second kappa shape index (κ2) is 12.2. The summed E-state index contributed by atoms with van der Waals surface area (Å²) in [5.41, 5.74) is 1.71. The monoisotopic (exact) mass is 572 g/mol. The predicted octanol–water partition coefficient (Wildman–Crippen LogP) is 6.01. The van der Waals surface area contributed by atoms with Crippen molar-refractivity contribution in [2.45, 2.75) is 38.1 Å². The van der Waals surface area contributed by atoms with Gasteiger partial charge in [0.25, 0.3) is 5.91 Å². The number of carbonyl (C=O) groups is 1. The highest BCUT2D eigenvalue weighted by atomic mass is 35.5. The zero-order valence-electron chi connectivity index (χ0n) is 21.4. The van der Waals surface area contributed by atoms with E-state index in [1.54, 1.807) is 54.7 Å². The van der Waals surface area contributed by atoms with Crippen LogP contribution in [0, 0.1) is 0 Å². The second-order valence-corrected chi connectivity index (χ2v) is 11.9. The van der Waals surface area contributed by atoms with Gasteiger partial charge in [0.05, 0.1) is 28.3 Å².